The van der Waals surface area contributed by atoms with Crippen LogP contribution in [0.25, 0.3) is 0 Å². The maximum atomic E-state index is 13.9. The van der Waals surface area contributed by atoms with Gasteiger partial charge in [0.05, 0.1) is 5.69 Å². The predicted molar refractivity (Wildman–Crippen MR) is 83.3 cm³/mol. The Morgan fingerprint density at radius 2 is 2.05 bits per heavy atom. The molecule has 0 fully saturated rings. The van der Waals surface area contributed by atoms with Crippen LogP contribution in [-0.2, 0) is 0 Å². The predicted octanol–water partition coefficient (Wildman–Crippen LogP) is 4.56. The molecule has 3 nitrogen and oxygen atoms in total. The van der Waals surface area contributed by atoms with Gasteiger partial charge in [0.2, 0.25) is 0 Å². The van der Waals surface area contributed by atoms with Crippen LogP contribution in [-0.4, -0.2) is 11.5 Å². The van der Waals surface area contributed by atoms with Gasteiger partial charge in [-0.1, -0.05) is 6.92 Å². The van der Waals surface area contributed by atoms with Crippen molar-refractivity contribution in [1.29, 1.82) is 0 Å². The molecule has 0 radical (unpaired) electrons. The van der Waals surface area contributed by atoms with E-state index < -0.39 is 0 Å². The molecule has 0 saturated heterocycles. The van der Waals surface area contributed by atoms with Gasteiger partial charge in [-0.15, -0.1) is 0 Å². The molecule has 1 unspecified atom stereocenters. The second kappa shape index (κ2) is 6.62. The van der Waals surface area contributed by atoms with E-state index in [2.05, 4.69) is 10.3 Å². The summed E-state index contributed by atoms with van der Waals surface area (Å²) in [7, 11) is 0. The van der Waals surface area contributed by atoms with Crippen molar-refractivity contribution in [1.82, 2.24) is 10.3 Å². The fraction of sp³-hybridized carbons (Fsp3) is 0.438. The lowest BCUT2D eigenvalue weighted by molar-refractivity contribution is 0.431. The summed E-state index contributed by atoms with van der Waals surface area (Å²) in [6.07, 6.45) is 0. The number of aryl methyl sites for hydroxylation is 3. The summed E-state index contributed by atoms with van der Waals surface area (Å²) in [6.45, 7) is 10.5. The Balaban J connectivity index is 2.38. The van der Waals surface area contributed by atoms with Gasteiger partial charge in [0, 0.05) is 10.9 Å². The number of hydrogen-bond donors (Lipinski definition) is 1. The molecule has 0 aliphatic carbocycles. The van der Waals surface area contributed by atoms with E-state index in [0.717, 1.165) is 28.5 Å². The van der Waals surface area contributed by atoms with Crippen molar-refractivity contribution >= 4 is 11.8 Å². The molecule has 0 aliphatic rings. The summed E-state index contributed by atoms with van der Waals surface area (Å²) in [6, 6.07) is 3.54. The zero-order chi connectivity index (χ0) is 15.6. The highest BCUT2D eigenvalue weighted by atomic mass is 32.2. The van der Waals surface area contributed by atoms with E-state index in [4.69, 9.17) is 4.42 Å². The van der Waals surface area contributed by atoms with Crippen LogP contribution in [0.1, 0.15) is 42.5 Å². The first-order valence-electron chi connectivity index (χ1n) is 7.07. The highest BCUT2D eigenvalue weighted by molar-refractivity contribution is 7.99. The largest absolute Gasteiger partial charge is 0.436 e. The van der Waals surface area contributed by atoms with Gasteiger partial charge >= 0.3 is 0 Å². The Labute approximate surface area is 129 Å². The number of halogens is 1. The summed E-state index contributed by atoms with van der Waals surface area (Å²) >= 11 is 1.44. The molecule has 5 heteroatoms. The topological polar surface area (TPSA) is 38.1 Å². The Bertz CT molecular complexity index is 620. The zero-order valence-corrected chi connectivity index (χ0v) is 13.9. The standard InChI is InChI=1S/C16H21FN2OS/c1-6-18-11(4)13-8-14(17)9(2)7-15(13)21-16-19-10(3)12(5)20-16/h7-8,11,18H,6H2,1-5H3. The third kappa shape index (κ3) is 3.66. The lowest BCUT2D eigenvalue weighted by Crippen LogP contribution is -2.18. The van der Waals surface area contributed by atoms with E-state index in [0.29, 0.717) is 10.8 Å². The van der Waals surface area contributed by atoms with Crippen LogP contribution in [0.2, 0.25) is 0 Å². The monoisotopic (exact) mass is 308 g/mol. The summed E-state index contributed by atoms with van der Waals surface area (Å²) < 4.78 is 19.5. The van der Waals surface area contributed by atoms with Gasteiger partial charge in [0.25, 0.3) is 5.22 Å². The molecule has 0 aliphatic heterocycles. The molecule has 114 valence electrons. The highest BCUT2D eigenvalue weighted by Gasteiger charge is 2.16. The maximum absolute atomic E-state index is 13.9. The van der Waals surface area contributed by atoms with Gasteiger partial charge in [-0.25, -0.2) is 9.37 Å². The smallest absolute Gasteiger partial charge is 0.261 e. The highest BCUT2D eigenvalue weighted by Crippen LogP contribution is 2.35. The second-order valence-electron chi connectivity index (χ2n) is 5.14. The zero-order valence-electron chi connectivity index (χ0n) is 13.1. The summed E-state index contributed by atoms with van der Waals surface area (Å²) in [5.41, 5.74) is 2.45. The first kappa shape index (κ1) is 16.0. The number of rotatable bonds is 5. The lowest BCUT2D eigenvalue weighted by Gasteiger charge is -2.17. The van der Waals surface area contributed by atoms with Gasteiger partial charge in [0.1, 0.15) is 11.6 Å². The van der Waals surface area contributed by atoms with E-state index in [1.54, 1.807) is 13.0 Å². The fourth-order valence-electron chi connectivity index (χ4n) is 2.09. The van der Waals surface area contributed by atoms with Crippen LogP contribution in [0.4, 0.5) is 4.39 Å². The Kier molecular flexibility index (Phi) is 5.06. The van der Waals surface area contributed by atoms with E-state index in [1.165, 1.54) is 11.8 Å². The van der Waals surface area contributed by atoms with Gasteiger partial charge in [0.15, 0.2) is 0 Å². The van der Waals surface area contributed by atoms with Gasteiger partial charge in [-0.05, 0) is 69.3 Å². The Morgan fingerprint density at radius 3 is 2.62 bits per heavy atom. The summed E-state index contributed by atoms with van der Waals surface area (Å²) in [4.78, 5) is 5.36. The number of benzene rings is 1. The van der Waals surface area contributed by atoms with Crippen LogP contribution < -0.4 is 5.32 Å². The quantitative estimate of drug-likeness (QED) is 0.878. The molecule has 1 aromatic heterocycles. The van der Waals surface area contributed by atoms with Crippen molar-refractivity contribution in [2.45, 2.75) is 50.8 Å². The summed E-state index contributed by atoms with van der Waals surface area (Å²) in [5, 5.41) is 3.92. The average molecular weight is 308 g/mol. The minimum absolute atomic E-state index is 0.0738. The van der Waals surface area contributed by atoms with Crippen molar-refractivity contribution < 1.29 is 8.81 Å². The van der Waals surface area contributed by atoms with Crippen LogP contribution in [0, 0.1) is 26.6 Å². The number of nitrogens with one attached hydrogen (secondary N) is 1. The van der Waals surface area contributed by atoms with E-state index >= 15 is 0 Å². The normalized spacial score (nSPS) is 12.7. The third-order valence-corrected chi connectivity index (χ3v) is 4.40. The minimum Gasteiger partial charge on any atom is -0.436 e. The molecular formula is C16H21FN2OS. The van der Waals surface area contributed by atoms with E-state index in [-0.39, 0.29) is 11.9 Å². The first-order valence-corrected chi connectivity index (χ1v) is 7.89. The molecule has 2 aromatic rings. The van der Waals surface area contributed by atoms with Crippen LogP contribution >= 0.6 is 11.8 Å². The minimum atomic E-state index is -0.182. The average Bonchev–Trinajstić information content (AvgIpc) is 2.72. The molecule has 2 rings (SSSR count). The molecule has 1 N–H and O–H groups in total. The molecular weight excluding hydrogens is 287 g/mol. The molecule has 0 saturated carbocycles. The van der Waals surface area contributed by atoms with Crippen LogP contribution in [0.3, 0.4) is 0 Å². The maximum Gasteiger partial charge on any atom is 0.261 e. The third-order valence-electron chi connectivity index (χ3n) is 3.47. The van der Waals surface area contributed by atoms with Crippen molar-refractivity contribution in [3.05, 3.63) is 40.5 Å². The lowest BCUT2D eigenvalue weighted by atomic mass is 10.1. The fourth-order valence-corrected chi connectivity index (χ4v) is 3.22. The van der Waals surface area contributed by atoms with Crippen molar-refractivity contribution in [3.63, 3.8) is 0 Å². The second-order valence-corrected chi connectivity index (χ2v) is 6.14. The Hall–Kier alpha value is -1.33. The van der Waals surface area contributed by atoms with Crippen LogP contribution in [0.5, 0.6) is 0 Å². The number of nitrogens with zero attached hydrogens (tertiary/aromatic N) is 1. The molecule has 1 heterocycles. The Morgan fingerprint density at radius 1 is 1.33 bits per heavy atom. The molecule has 0 bridgehead atoms. The number of oxazole rings is 1. The number of aromatic nitrogens is 1. The van der Waals surface area contributed by atoms with Gasteiger partial charge in [-0.3, -0.25) is 0 Å². The van der Waals surface area contributed by atoms with Crippen molar-refractivity contribution in [3.8, 4) is 0 Å². The first-order chi connectivity index (χ1) is 9.92. The van der Waals surface area contributed by atoms with E-state index in [9.17, 15) is 4.39 Å². The number of hydrogen-bond acceptors (Lipinski definition) is 4. The van der Waals surface area contributed by atoms with Gasteiger partial charge in [-0.2, -0.15) is 0 Å². The molecule has 1 aromatic carbocycles. The molecule has 0 amide bonds. The summed E-state index contributed by atoms with van der Waals surface area (Å²) in [5.74, 6) is 0.636. The molecule has 21 heavy (non-hydrogen) atoms. The molecule has 1 atom stereocenters. The van der Waals surface area contributed by atoms with E-state index in [1.807, 2.05) is 33.8 Å². The SMILES string of the molecule is CCNC(C)c1cc(F)c(C)cc1Sc1nc(C)c(C)o1. The van der Waals surface area contributed by atoms with Gasteiger partial charge < -0.3 is 9.73 Å². The molecule has 0 spiro atoms. The van der Waals surface area contributed by atoms with Crippen LogP contribution in [0.15, 0.2) is 26.7 Å². The van der Waals surface area contributed by atoms with Crippen molar-refractivity contribution in [2.75, 3.05) is 6.54 Å². The van der Waals surface area contributed by atoms with Crippen molar-refractivity contribution in [2.24, 2.45) is 0 Å².